The number of carbonyl (C=O) groups is 1. The van der Waals surface area contributed by atoms with Crippen LogP contribution < -0.4 is 14.8 Å². The van der Waals surface area contributed by atoms with Crippen molar-refractivity contribution >= 4 is 21.6 Å². The second-order valence-electron chi connectivity index (χ2n) is 6.91. The van der Waals surface area contributed by atoms with E-state index in [1.807, 2.05) is 18.2 Å². The standard InChI is InChI=1S/C23H23FN2O5S/c1-26(15-16-7-5-4-6-8-16)32(28,29)18-10-11-20(24)19(14-18)23(27)25-21-13-17(30-2)9-12-22(21)31-3/h4-14H,15H2,1-3H3,(H,25,27). The number of ether oxygens (including phenoxy) is 2. The Kier molecular flexibility index (Phi) is 7.12. The van der Waals surface area contributed by atoms with Crippen molar-refractivity contribution < 1.29 is 27.1 Å². The third-order valence-electron chi connectivity index (χ3n) is 4.79. The number of anilines is 1. The molecule has 3 aromatic rings. The molecule has 3 rings (SSSR count). The maximum absolute atomic E-state index is 14.5. The fourth-order valence-corrected chi connectivity index (χ4v) is 4.23. The summed E-state index contributed by atoms with van der Waals surface area (Å²) < 4.78 is 52.0. The summed E-state index contributed by atoms with van der Waals surface area (Å²) in [5.74, 6) is -0.878. The first-order chi connectivity index (χ1) is 15.3. The molecule has 0 aliphatic carbocycles. The SMILES string of the molecule is COc1ccc(OC)c(NC(=O)c2cc(S(=O)(=O)N(C)Cc3ccccc3)ccc2F)c1. The van der Waals surface area contributed by atoms with Crippen LogP contribution in [0.4, 0.5) is 10.1 Å². The van der Waals surface area contributed by atoms with E-state index in [-0.39, 0.29) is 17.1 Å². The van der Waals surface area contributed by atoms with E-state index in [4.69, 9.17) is 9.47 Å². The Morgan fingerprint density at radius 1 is 1.00 bits per heavy atom. The number of nitrogens with one attached hydrogen (secondary N) is 1. The van der Waals surface area contributed by atoms with Crippen molar-refractivity contribution in [3.63, 3.8) is 0 Å². The number of rotatable bonds is 8. The monoisotopic (exact) mass is 458 g/mol. The average molecular weight is 459 g/mol. The van der Waals surface area contributed by atoms with Gasteiger partial charge in [0.05, 0.1) is 30.4 Å². The van der Waals surface area contributed by atoms with Crippen molar-refractivity contribution in [1.82, 2.24) is 4.31 Å². The minimum Gasteiger partial charge on any atom is -0.497 e. The second-order valence-corrected chi connectivity index (χ2v) is 8.95. The molecule has 32 heavy (non-hydrogen) atoms. The average Bonchev–Trinajstić information content (AvgIpc) is 2.79. The smallest absolute Gasteiger partial charge is 0.258 e. The van der Waals surface area contributed by atoms with Gasteiger partial charge in [0.1, 0.15) is 17.3 Å². The number of sulfonamides is 1. The number of nitrogens with zero attached hydrogens (tertiary/aromatic N) is 1. The summed E-state index contributed by atoms with van der Waals surface area (Å²) in [6.07, 6.45) is 0. The van der Waals surface area contributed by atoms with Gasteiger partial charge >= 0.3 is 0 Å². The third-order valence-corrected chi connectivity index (χ3v) is 6.59. The van der Waals surface area contributed by atoms with E-state index in [1.165, 1.54) is 27.3 Å². The van der Waals surface area contributed by atoms with E-state index >= 15 is 0 Å². The molecule has 9 heteroatoms. The van der Waals surface area contributed by atoms with Crippen LogP contribution >= 0.6 is 0 Å². The van der Waals surface area contributed by atoms with Gasteiger partial charge in [0.15, 0.2) is 0 Å². The van der Waals surface area contributed by atoms with E-state index in [0.717, 1.165) is 28.1 Å². The molecule has 0 spiro atoms. The highest BCUT2D eigenvalue weighted by atomic mass is 32.2. The van der Waals surface area contributed by atoms with E-state index < -0.39 is 27.3 Å². The van der Waals surface area contributed by atoms with Gasteiger partial charge in [0.2, 0.25) is 10.0 Å². The van der Waals surface area contributed by atoms with E-state index in [0.29, 0.717) is 11.5 Å². The molecule has 0 saturated carbocycles. The van der Waals surface area contributed by atoms with Crippen molar-refractivity contribution in [3.8, 4) is 11.5 Å². The molecule has 0 aliphatic heterocycles. The van der Waals surface area contributed by atoms with Crippen molar-refractivity contribution in [1.29, 1.82) is 0 Å². The third kappa shape index (κ3) is 5.06. The van der Waals surface area contributed by atoms with Gasteiger partial charge < -0.3 is 14.8 Å². The van der Waals surface area contributed by atoms with Crippen molar-refractivity contribution in [2.75, 3.05) is 26.6 Å². The van der Waals surface area contributed by atoms with E-state index in [9.17, 15) is 17.6 Å². The lowest BCUT2D eigenvalue weighted by Crippen LogP contribution is -2.27. The van der Waals surface area contributed by atoms with E-state index in [1.54, 1.807) is 24.3 Å². The van der Waals surface area contributed by atoms with Crippen molar-refractivity contribution in [2.45, 2.75) is 11.4 Å². The fraction of sp³-hybridized carbons (Fsp3) is 0.174. The lowest BCUT2D eigenvalue weighted by molar-refractivity contribution is 0.102. The molecular weight excluding hydrogens is 435 g/mol. The lowest BCUT2D eigenvalue weighted by Gasteiger charge is -2.18. The molecule has 0 bridgehead atoms. The fourth-order valence-electron chi connectivity index (χ4n) is 3.05. The molecule has 0 heterocycles. The largest absolute Gasteiger partial charge is 0.497 e. The van der Waals surface area contributed by atoms with Gasteiger partial charge in [0, 0.05) is 19.7 Å². The molecular formula is C23H23FN2O5S. The van der Waals surface area contributed by atoms with Crippen molar-refractivity contribution in [2.24, 2.45) is 0 Å². The number of benzene rings is 3. The number of methoxy groups -OCH3 is 2. The molecule has 0 aromatic heterocycles. The molecule has 0 saturated heterocycles. The highest BCUT2D eigenvalue weighted by molar-refractivity contribution is 7.89. The second kappa shape index (κ2) is 9.80. The molecule has 7 nitrogen and oxygen atoms in total. The number of halogens is 1. The summed E-state index contributed by atoms with van der Waals surface area (Å²) in [6, 6.07) is 16.9. The van der Waals surface area contributed by atoms with Gasteiger partial charge in [-0.15, -0.1) is 0 Å². The lowest BCUT2D eigenvalue weighted by atomic mass is 10.2. The summed E-state index contributed by atoms with van der Waals surface area (Å²) in [7, 11) is 0.349. The molecule has 3 aromatic carbocycles. The van der Waals surface area contributed by atoms with Gasteiger partial charge in [-0.05, 0) is 35.9 Å². The van der Waals surface area contributed by atoms with Gasteiger partial charge in [-0.3, -0.25) is 4.79 Å². The summed E-state index contributed by atoms with van der Waals surface area (Å²) in [4.78, 5) is 12.6. The number of hydrogen-bond donors (Lipinski definition) is 1. The Morgan fingerprint density at radius 2 is 1.72 bits per heavy atom. The highest BCUT2D eigenvalue weighted by Gasteiger charge is 2.24. The zero-order valence-electron chi connectivity index (χ0n) is 17.8. The number of carbonyl (C=O) groups excluding carboxylic acids is 1. The molecule has 1 amide bonds. The number of hydrogen-bond acceptors (Lipinski definition) is 5. The topological polar surface area (TPSA) is 84.9 Å². The Bertz CT molecular complexity index is 1220. The van der Waals surface area contributed by atoms with Gasteiger partial charge in [-0.2, -0.15) is 4.31 Å². The van der Waals surface area contributed by atoms with Crippen LogP contribution in [0.25, 0.3) is 0 Å². The summed E-state index contributed by atoms with van der Waals surface area (Å²) in [5, 5.41) is 2.55. The minimum absolute atomic E-state index is 0.128. The summed E-state index contributed by atoms with van der Waals surface area (Å²) in [6.45, 7) is 0.128. The molecule has 0 unspecified atom stereocenters. The maximum atomic E-state index is 14.5. The van der Waals surface area contributed by atoms with Gasteiger partial charge in [0.25, 0.3) is 5.91 Å². The van der Waals surface area contributed by atoms with Gasteiger partial charge in [-0.25, -0.2) is 12.8 Å². The molecule has 0 atom stereocenters. The Labute approximate surface area is 186 Å². The molecule has 168 valence electrons. The van der Waals surface area contributed by atoms with Crippen LogP contribution in [0.5, 0.6) is 11.5 Å². The minimum atomic E-state index is -3.96. The first-order valence-electron chi connectivity index (χ1n) is 9.59. The predicted molar refractivity (Wildman–Crippen MR) is 119 cm³/mol. The normalized spacial score (nSPS) is 11.3. The van der Waals surface area contributed by atoms with Crippen LogP contribution in [-0.2, 0) is 16.6 Å². The first-order valence-corrected chi connectivity index (χ1v) is 11.0. The zero-order chi connectivity index (χ0) is 23.3. The number of amides is 1. The molecule has 1 N–H and O–H groups in total. The van der Waals surface area contributed by atoms with Crippen LogP contribution in [0, 0.1) is 5.82 Å². The molecule has 0 fully saturated rings. The predicted octanol–water partition coefficient (Wildman–Crippen LogP) is 3.92. The molecule has 0 aliphatic rings. The summed E-state index contributed by atoms with van der Waals surface area (Å²) in [5.41, 5.74) is 0.638. The summed E-state index contributed by atoms with van der Waals surface area (Å²) >= 11 is 0. The quantitative estimate of drug-likeness (QED) is 0.553. The van der Waals surface area contributed by atoms with Gasteiger partial charge in [-0.1, -0.05) is 30.3 Å². The van der Waals surface area contributed by atoms with Crippen LogP contribution in [0.2, 0.25) is 0 Å². The first kappa shape index (κ1) is 23.2. The van der Waals surface area contributed by atoms with Crippen LogP contribution in [0.1, 0.15) is 15.9 Å². The Hall–Kier alpha value is -3.43. The maximum Gasteiger partial charge on any atom is 0.258 e. The highest BCUT2D eigenvalue weighted by Crippen LogP contribution is 2.30. The van der Waals surface area contributed by atoms with Crippen molar-refractivity contribution in [3.05, 3.63) is 83.7 Å². The Morgan fingerprint density at radius 3 is 2.38 bits per heavy atom. The van der Waals surface area contributed by atoms with E-state index in [2.05, 4.69) is 5.32 Å². The molecule has 0 radical (unpaired) electrons. The van der Waals surface area contributed by atoms with Crippen LogP contribution in [0.3, 0.4) is 0 Å². The Balaban J connectivity index is 1.89. The van der Waals surface area contributed by atoms with Crippen LogP contribution in [-0.4, -0.2) is 39.9 Å². The zero-order valence-corrected chi connectivity index (χ0v) is 18.6. The van der Waals surface area contributed by atoms with Crippen LogP contribution in [0.15, 0.2) is 71.6 Å².